The molecule has 0 bridgehead atoms. The van der Waals surface area contributed by atoms with Gasteiger partial charge in [-0.25, -0.2) is 8.78 Å². The first-order chi connectivity index (χ1) is 8.53. The van der Waals surface area contributed by atoms with Gasteiger partial charge in [0.05, 0.1) is 5.92 Å². The zero-order chi connectivity index (χ0) is 13.6. The topological polar surface area (TPSA) is 17.1 Å². The highest BCUT2D eigenvalue weighted by Crippen LogP contribution is 2.50. The van der Waals surface area contributed by atoms with Crippen LogP contribution in [0.15, 0.2) is 0 Å². The Morgan fingerprint density at radius 1 is 1.11 bits per heavy atom. The second kappa shape index (κ2) is 7.20. The Kier molecular flexibility index (Phi) is 6.24. The molecule has 0 spiro atoms. The summed E-state index contributed by atoms with van der Waals surface area (Å²) in [5.41, 5.74) is 0. The van der Waals surface area contributed by atoms with Crippen LogP contribution in [0.2, 0.25) is 0 Å². The number of carbonyl (C=O) groups excluding carboxylic acids is 1. The minimum atomic E-state index is -2.69. The number of unbranched alkanes of at least 4 members (excludes halogenated alkanes) is 4. The van der Waals surface area contributed by atoms with Crippen LogP contribution in [0.1, 0.15) is 71.6 Å². The van der Waals surface area contributed by atoms with Gasteiger partial charge in [-0.3, -0.25) is 4.79 Å². The van der Waals surface area contributed by atoms with Gasteiger partial charge in [0.1, 0.15) is 5.78 Å². The van der Waals surface area contributed by atoms with Gasteiger partial charge < -0.3 is 0 Å². The summed E-state index contributed by atoms with van der Waals surface area (Å²) < 4.78 is 25.9. The van der Waals surface area contributed by atoms with Gasteiger partial charge in [-0.15, -0.1) is 0 Å². The molecule has 0 aromatic rings. The van der Waals surface area contributed by atoms with Crippen molar-refractivity contribution in [3.63, 3.8) is 0 Å². The van der Waals surface area contributed by atoms with Crippen LogP contribution in [0.4, 0.5) is 8.78 Å². The largest absolute Gasteiger partial charge is 0.299 e. The molecule has 1 atom stereocenters. The van der Waals surface area contributed by atoms with E-state index in [1.54, 1.807) is 0 Å². The third kappa shape index (κ3) is 4.66. The Labute approximate surface area is 109 Å². The molecule has 0 heterocycles. The maximum atomic E-state index is 13.0. The van der Waals surface area contributed by atoms with E-state index < -0.39 is 11.8 Å². The van der Waals surface area contributed by atoms with Gasteiger partial charge >= 0.3 is 0 Å². The van der Waals surface area contributed by atoms with Crippen molar-refractivity contribution in [3.05, 3.63) is 0 Å². The smallest absolute Gasteiger partial charge is 0.258 e. The highest BCUT2D eigenvalue weighted by molar-refractivity contribution is 5.87. The minimum Gasteiger partial charge on any atom is -0.299 e. The molecule has 3 heteroatoms. The van der Waals surface area contributed by atoms with Crippen molar-refractivity contribution in [2.45, 2.75) is 77.6 Å². The van der Waals surface area contributed by atoms with E-state index in [2.05, 4.69) is 13.8 Å². The van der Waals surface area contributed by atoms with Crippen LogP contribution < -0.4 is 0 Å². The summed E-state index contributed by atoms with van der Waals surface area (Å²) in [6.07, 6.45) is 7.81. The van der Waals surface area contributed by atoms with Crippen molar-refractivity contribution < 1.29 is 13.6 Å². The number of rotatable bonds is 10. The van der Waals surface area contributed by atoms with E-state index in [4.69, 9.17) is 0 Å². The Bertz CT molecular complexity index is 253. The molecule has 106 valence electrons. The number of alkyl halides is 2. The second-order valence-corrected chi connectivity index (χ2v) is 5.61. The molecule has 0 aromatic heterocycles. The normalized spacial score (nSPS) is 21.3. The fraction of sp³-hybridized carbons (Fsp3) is 0.933. The van der Waals surface area contributed by atoms with Crippen molar-refractivity contribution in [1.82, 2.24) is 0 Å². The van der Waals surface area contributed by atoms with Crippen LogP contribution in [0.25, 0.3) is 0 Å². The first-order valence-corrected chi connectivity index (χ1v) is 7.44. The summed E-state index contributed by atoms with van der Waals surface area (Å²) in [5, 5.41) is 0. The Hall–Kier alpha value is -0.470. The van der Waals surface area contributed by atoms with E-state index in [1.807, 2.05) is 0 Å². The van der Waals surface area contributed by atoms with Crippen LogP contribution in [-0.4, -0.2) is 11.7 Å². The predicted molar refractivity (Wildman–Crippen MR) is 69.8 cm³/mol. The maximum Gasteiger partial charge on any atom is 0.258 e. The molecule has 0 amide bonds. The average molecular weight is 260 g/mol. The standard InChI is InChI=1S/C15H26F2O/c1-3-5-7-9-12(10-8-6-4-2)14(18)13-11-15(13,16)17/h12-13H,3-11H2,1-2H3/t13-/m0/s1. The molecular weight excluding hydrogens is 234 g/mol. The number of ketones is 1. The van der Waals surface area contributed by atoms with Crippen molar-refractivity contribution in [2.24, 2.45) is 11.8 Å². The number of hydrogen-bond donors (Lipinski definition) is 0. The highest BCUT2D eigenvalue weighted by Gasteiger charge is 2.61. The van der Waals surface area contributed by atoms with Crippen molar-refractivity contribution in [3.8, 4) is 0 Å². The van der Waals surface area contributed by atoms with E-state index in [-0.39, 0.29) is 18.1 Å². The summed E-state index contributed by atoms with van der Waals surface area (Å²) in [4.78, 5) is 12.0. The minimum absolute atomic E-state index is 0.110. The predicted octanol–water partition coefficient (Wildman–Crippen LogP) is 4.99. The Morgan fingerprint density at radius 2 is 1.56 bits per heavy atom. The molecule has 0 N–H and O–H groups in total. The van der Waals surface area contributed by atoms with Crippen LogP contribution in [0.5, 0.6) is 0 Å². The zero-order valence-corrected chi connectivity index (χ0v) is 11.7. The van der Waals surface area contributed by atoms with E-state index in [1.165, 1.54) is 0 Å². The summed E-state index contributed by atoms with van der Waals surface area (Å²) in [6.45, 7) is 4.23. The molecule has 1 aliphatic carbocycles. The Morgan fingerprint density at radius 3 is 1.89 bits per heavy atom. The molecule has 0 unspecified atom stereocenters. The van der Waals surface area contributed by atoms with E-state index in [0.29, 0.717) is 0 Å². The van der Waals surface area contributed by atoms with Crippen LogP contribution in [-0.2, 0) is 4.79 Å². The molecule has 0 saturated heterocycles. The quantitative estimate of drug-likeness (QED) is 0.506. The second-order valence-electron chi connectivity index (χ2n) is 5.61. The monoisotopic (exact) mass is 260 g/mol. The molecule has 1 nitrogen and oxygen atoms in total. The zero-order valence-electron chi connectivity index (χ0n) is 11.7. The molecule has 1 rings (SSSR count). The van der Waals surface area contributed by atoms with Crippen LogP contribution in [0.3, 0.4) is 0 Å². The lowest BCUT2D eigenvalue weighted by molar-refractivity contribution is -0.126. The Balaban J connectivity index is 2.40. The summed E-state index contributed by atoms with van der Waals surface area (Å²) in [6, 6.07) is 0. The van der Waals surface area contributed by atoms with E-state index in [9.17, 15) is 13.6 Å². The molecule has 0 aliphatic heterocycles. The number of hydrogen-bond acceptors (Lipinski definition) is 1. The van der Waals surface area contributed by atoms with Crippen molar-refractivity contribution >= 4 is 5.78 Å². The van der Waals surface area contributed by atoms with Gasteiger partial charge in [-0.05, 0) is 12.8 Å². The molecular formula is C15H26F2O. The average Bonchev–Trinajstić information content (AvgIpc) is 2.96. The molecule has 1 aliphatic rings. The number of carbonyl (C=O) groups is 1. The van der Waals surface area contributed by atoms with Gasteiger partial charge in [0.15, 0.2) is 0 Å². The third-order valence-electron chi connectivity index (χ3n) is 3.88. The van der Waals surface area contributed by atoms with Crippen molar-refractivity contribution in [2.75, 3.05) is 0 Å². The lowest BCUT2D eigenvalue weighted by Gasteiger charge is -2.15. The fourth-order valence-electron chi connectivity index (χ4n) is 2.52. The maximum absolute atomic E-state index is 13.0. The summed E-state index contributed by atoms with van der Waals surface area (Å²) in [7, 11) is 0. The van der Waals surface area contributed by atoms with E-state index >= 15 is 0 Å². The van der Waals surface area contributed by atoms with Gasteiger partial charge in [-0.1, -0.05) is 52.4 Å². The van der Waals surface area contributed by atoms with E-state index in [0.717, 1.165) is 51.4 Å². The highest BCUT2D eigenvalue weighted by atomic mass is 19.3. The number of Topliss-reactive ketones (excluding diaryl/α,β-unsaturated/α-hetero) is 1. The van der Waals surface area contributed by atoms with Crippen LogP contribution >= 0.6 is 0 Å². The van der Waals surface area contributed by atoms with Gasteiger partial charge in [-0.2, -0.15) is 0 Å². The summed E-state index contributed by atoms with van der Waals surface area (Å²) >= 11 is 0. The molecule has 1 saturated carbocycles. The third-order valence-corrected chi connectivity index (χ3v) is 3.88. The fourth-order valence-corrected chi connectivity index (χ4v) is 2.52. The number of halogens is 2. The summed E-state index contributed by atoms with van der Waals surface area (Å²) in [5.74, 6) is -3.91. The van der Waals surface area contributed by atoms with Crippen molar-refractivity contribution in [1.29, 1.82) is 0 Å². The molecule has 18 heavy (non-hydrogen) atoms. The molecule has 0 aromatic carbocycles. The SMILES string of the molecule is CCCCCC(CCCCC)C(=O)[C@@H]1CC1(F)F. The molecule has 1 fully saturated rings. The first-order valence-electron chi connectivity index (χ1n) is 7.44. The van der Waals surface area contributed by atoms with Gasteiger partial charge in [0, 0.05) is 12.3 Å². The lowest BCUT2D eigenvalue weighted by atomic mass is 9.89. The van der Waals surface area contributed by atoms with Crippen LogP contribution in [0, 0.1) is 11.8 Å². The first kappa shape index (κ1) is 15.6. The van der Waals surface area contributed by atoms with Gasteiger partial charge in [0.25, 0.3) is 5.92 Å². The molecule has 0 radical (unpaired) electrons. The van der Waals surface area contributed by atoms with Gasteiger partial charge in [0.2, 0.25) is 0 Å². The lowest BCUT2D eigenvalue weighted by Crippen LogP contribution is -2.19.